The molecule has 172 valence electrons. The topological polar surface area (TPSA) is 48.3 Å². The monoisotopic (exact) mass is 451 g/mol. The number of fused-ring (bicyclic) bond motifs is 1. The van der Waals surface area contributed by atoms with E-state index in [2.05, 4.69) is 71.8 Å². The minimum atomic E-state index is 0.119. The first kappa shape index (κ1) is 22.0. The van der Waals surface area contributed by atoms with Gasteiger partial charge in [0.25, 0.3) is 0 Å². The van der Waals surface area contributed by atoms with Crippen LogP contribution in [-0.4, -0.2) is 23.2 Å². The summed E-state index contributed by atoms with van der Waals surface area (Å²) in [5.41, 5.74) is 7.21. The Balaban J connectivity index is 1.36. The summed E-state index contributed by atoms with van der Waals surface area (Å²) in [4.78, 5) is 4.14. The molecule has 0 amide bonds. The molecule has 1 unspecified atom stereocenters. The first-order valence-electron chi connectivity index (χ1n) is 11.6. The van der Waals surface area contributed by atoms with Crippen molar-refractivity contribution in [3.05, 3.63) is 113 Å². The fourth-order valence-corrected chi connectivity index (χ4v) is 4.39. The van der Waals surface area contributed by atoms with Crippen LogP contribution < -0.4 is 14.8 Å². The van der Waals surface area contributed by atoms with Crippen molar-refractivity contribution in [3.8, 4) is 17.2 Å². The summed E-state index contributed by atoms with van der Waals surface area (Å²) in [7, 11) is 1.70. The third-order valence-electron chi connectivity index (χ3n) is 6.28. The highest BCUT2D eigenvalue weighted by molar-refractivity contribution is 5.59. The Bertz CT molecular complexity index is 1280. The smallest absolute Gasteiger partial charge is 0.161 e. The molecule has 0 saturated heterocycles. The molecule has 1 N–H and O–H groups in total. The van der Waals surface area contributed by atoms with E-state index in [1.807, 2.05) is 35.3 Å². The van der Waals surface area contributed by atoms with Crippen molar-refractivity contribution in [1.82, 2.24) is 14.9 Å². The Labute approximate surface area is 200 Å². The average molecular weight is 452 g/mol. The van der Waals surface area contributed by atoms with Crippen molar-refractivity contribution in [2.75, 3.05) is 13.7 Å². The van der Waals surface area contributed by atoms with E-state index in [-0.39, 0.29) is 6.04 Å². The minimum absolute atomic E-state index is 0.119. The maximum Gasteiger partial charge on any atom is 0.161 e. The molecule has 1 aliphatic heterocycles. The lowest BCUT2D eigenvalue weighted by atomic mass is 9.92. The van der Waals surface area contributed by atoms with Crippen molar-refractivity contribution < 1.29 is 9.47 Å². The Morgan fingerprint density at radius 1 is 1.09 bits per heavy atom. The number of hydrogen-bond acceptors (Lipinski definition) is 4. The number of benzene rings is 3. The summed E-state index contributed by atoms with van der Waals surface area (Å²) in [6, 6.07) is 21.0. The van der Waals surface area contributed by atoms with E-state index in [1.54, 1.807) is 13.3 Å². The molecular weight excluding hydrogens is 422 g/mol. The molecule has 0 saturated carbocycles. The van der Waals surface area contributed by atoms with Crippen LogP contribution in [0.3, 0.4) is 0 Å². The lowest BCUT2D eigenvalue weighted by Gasteiger charge is -2.26. The molecule has 1 aromatic heterocycles. The van der Waals surface area contributed by atoms with Crippen molar-refractivity contribution >= 4 is 6.08 Å². The molecule has 0 bridgehead atoms. The number of aryl methyl sites for hydroxylation is 1. The molecule has 5 nitrogen and oxygen atoms in total. The van der Waals surface area contributed by atoms with E-state index >= 15 is 0 Å². The number of hydrogen-bond donors (Lipinski definition) is 1. The molecule has 1 aliphatic rings. The number of rotatable bonds is 7. The maximum atomic E-state index is 6.13. The van der Waals surface area contributed by atoms with Gasteiger partial charge in [0.15, 0.2) is 11.5 Å². The van der Waals surface area contributed by atoms with E-state index in [9.17, 15) is 0 Å². The number of nitrogens with one attached hydrogen (secondary N) is 1. The predicted molar refractivity (Wildman–Crippen MR) is 136 cm³/mol. The highest BCUT2D eigenvalue weighted by atomic mass is 16.5. The van der Waals surface area contributed by atoms with Gasteiger partial charge in [-0.25, -0.2) is 4.98 Å². The Morgan fingerprint density at radius 2 is 1.97 bits per heavy atom. The van der Waals surface area contributed by atoms with Crippen LogP contribution in [0.25, 0.3) is 11.8 Å². The van der Waals surface area contributed by atoms with Gasteiger partial charge in [-0.15, -0.1) is 0 Å². The number of aromatic nitrogens is 2. The largest absolute Gasteiger partial charge is 0.493 e. The average Bonchev–Trinajstić information content (AvgIpc) is 3.42. The molecule has 5 heteroatoms. The molecule has 2 heterocycles. The van der Waals surface area contributed by atoms with E-state index in [1.165, 1.54) is 22.3 Å². The highest BCUT2D eigenvalue weighted by Crippen LogP contribution is 2.36. The van der Waals surface area contributed by atoms with Crippen molar-refractivity contribution in [3.63, 3.8) is 0 Å². The van der Waals surface area contributed by atoms with Crippen LogP contribution >= 0.6 is 0 Å². The van der Waals surface area contributed by atoms with Gasteiger partial charge in [-0.3, -0.25) is 0 Å². The van der Waals surface area contributed by atoms with Crippen molar-refractivity contribution in [2.24, 2.45) is 0 Å². The minimum Gasteiger partial charge on any atom is -0.493 e. The summed E-state index contributed by atoms with van der Waals surface area (Å²) in [6.45, 7) is 3.58. The number of ether oxygens (including phenoxy) is 2. The highest BCUT2D eigenvalue weighted by Gasteiger charge is 2.21. The number of methoxy groups -OCH3 is 1. The zero-order valence-electron chi connectivity index (χ0n) is 19.6. The third kappa shape index (κ3) is 4.75. The molecule has 5 rings (SSSR count). The van der Waals surface area contributed by atoms with E-state index in [0.717, 1.165) is 35.7 Å². The molecule has 0 fully saturated rings. The molecule has 0 spiro atoms. The maximum absolute atomic E-state index is 6.13. The van der Waals surface area contributed by atoms with Crippen molar-refractivity contribution in [2.45, 2.75) is 26.0 Å². The zero-order valence-corrected chi connectivity index (χ0v) is 19.6. The standard InChI is InChI=1S/C29H29N3O2/c1-21-16-25(32-15-14-30-20-32)10-8-23(21)9-11-27-26-18-28(33-2)29(17-24(26)12-13-31-27)34-19-22-6-4-3-5-7-22/h3-11,14-18,20,27,31H,12-13,19H2,1-2H3/b11-9+. The summed E-state index contributed by atoms with van der Waals surface area (Å²) in [5, 5.41) is 3.63. The first-order chi connectivity index (χ1) is 16.7. The quantitative estimate of drug-likeness (QED) is 0.393. The predicted octanol–water partition coefficient (Wildman–Crippen LogP) is 5.67. The van der Waals surface area contributed by atoms with E-state index in [4.69, 9.17) is 9.47 Å². The normalized spacial score (nSPS) is 15.3. The van der Waals surface area contributed by atoms with Gasteiger partial charge in [0.2, 0.25) is 0 Å². The SMILES string of the molecule is COc1cc2c(cc1OCc1ccccc1)CCNC2/C=C/c1ccc(-n2ccnc2)cc1C. The Kier molecular flexibility index (Phi) is 6.45. The van der Waals surface area contributed by atoms with E-state index < -0.39 is 0 Å². The van der Waals surface area contributed by atoms with Gasteiger partial charge >= 0.3 is 0 Å². The van der Waals surface area contributed by atoms with E-state index in [0.29, 0.717) is 6.61 Å². The fraction of sp³-hybridized carbons (Fsp3) is 0.207. The molecule has 3 aromatic carbocycles. The summed E-state index contributed by atoms with van der Waals surface area (Å²) < 4.78 is 13.8. The van der Waals surface area contributed by atoms with Gasteiger partial charge in [-0.05, 0) is 65.4 Å². The van der Waals surface area contributed by atoms with Crippen LogP contribution in [0.15, 0.2) is 85.5 Å². The third-order valence-corrected chi connectivity index (χ3v) is 6.28. The van der Waals surface area contributed by atoms with Crippen molar-refractivity contribution in [1.29, 1.82) is 0 Å². The Hall–Kier alpha value is -3.83. The van der Waals surface area contributed by atoms with Crippen LogP contribution in [0, 0.1) is 6.92 Å². The Morgan fingerprint density at radius 3 is 2.74 bits per heavy atom. The molecule has 0 radical (unpaired) electrons. The van der Waals surface area contributed by atoms with Gasteiger partial charge in [0.1, 0.15) is 6.61 Å². The van der Waals surface area contributed by atoms with Gasteiger partial charge in [0, 0.05) is 24.6 Å². The number of imidazole rings is 1. The molecule has 1 atom stereocenters. The molecule has 34 heavy (non-hydrogen) atoms. The molecular formula is C29H29N3O2. The lowest BCUT2D eigenvalue weighted by molar-refractivity contribution is 0.283. The second-order valence-electron chi connectivity index (χ2n) is 8.53. The van der Waals surface area contributed by atoms with Crippen LogP contribution in [0.2, 0.25) is 0 Å². The first-order valence-corrected chi connectivity index (χ1v) is 11.6. The second-order valence-corrected chi connectivity index (χ2v) is 8.53. The zero-order chi connectivity index (χ0) is 23.3. The summed E-state index contributed by atoms with van der Waals surface area (Å²) in [6.07, 6.45) is 11.0. The van der Waals surface area contributed by atoms with Gasteiger partial charge < -0.3 is 19.4 Å². The van der Waals surface area contributed by atoms with Gasteiger partial charge in [-0.2, -0.15) is 0 Å². The lowest BCUT2D eigenvalue weighted by Crippen LogP contribution is -2.28. The fourth-order valence-electron chi connectivity index (χ4n) is 4.39. The molecule has 0 aliphatic carbocycles. The second kappa shape index (κ2) is 9.98. The van der Waals surface area contributed by atoms with Crippen LogP contribution in [0.5, 0.6) is 11.5 Å². The summed E-state index contributed by atoms with van der Waals surface area (Å²) >= 11 is 0. The van der Waals surface area contributed by atoms with Gasteiger partial charge in [0.05, 0.1) is 19.5 Å². The summed E-state index contributed by atoms with van der Waals surface area (Å²) in [5.74, 6) is 1.55. The number of nitrogens with zero attached hydrogens (tertiary/aromatic N) is 2. The van der Waals surface area contributed by atoms with Crippen LogP contribution in [-0.2, 0) is 13.0 Å². The van der Waals surface area contributed by atoms with Crippen LogP contribution in [0.4, 0.5) is 0 Å². The van der Waals surface area contributed by atoms with Gasteiger partial charge in [-0.1, -0.05) is 48.6 Å². The van der Waals surface area contributed by atoms with Crippen LogP contribution in [0.1, 0.15) is 33.9 Å². The molecule has 4 aromatic rings.